The third-order valence-electron chi connectivity index (χ3n) is 5.22. The molecule has 0 aliphatic carbocycles. The molecular weight excluding hydrogens is 358 g/mol. The maximum absolute atomic E-state index is 13.0. The minimum absolute atomic E-state index is 0. The van der Waals surface area contributed by atoms with Crippen LogP contribution in [0.4, 0.5) is 0 Å². The number of aliphatic hydroxyl groups is 1. The molecule has 0 saturated carbocycles. The second kappa shape index (κ2) is 7.46. The Hall–Kier alpha value is -1.40. The van der Waals surface area contributed by atoms with Gasteiger partial charge in [-0.2, -0.15) is 0 Å². The Labute approximate surface area is 157 Å². The third-order valence-corrected chi connectivity index (χ3v) is 6.20. The van der Waals surface area contributed by atoms with Crippen molar-refractivity contribution in [2.45, 2.75) is 24.5 Å². The number of nitrogens with zero attached hydrogens (tertiary/aromatic N) is 1. The number of esters is 1. The molecule has 3 aliphatic rings. The highest BCUT2D eigenvalue weighted by Crippen LogP contribution is 2.36. The lowest BCUT2D eigenvalue weighted by Gasteiger charge is -2.44. The monoisotopic (exact) mass is 379 g/mol. The average Bonchev–Trinajstić information content (AvgIpc) is 3.18. The summed E-state index contributed by atoms with van der Waals surface area (Å²) in [6.45, 7) is 2.96. The third kappa shape index (κ3) is 3.34. The van der Waals surface area contributed by atoms with Gasteiger partial charge in [-0.1, -0.05) is 36.4 Å². The van der Waals surface area contributed by atoms with Crippen LogP contribution in [0, 0.1) is 5.92 Å². The normalized spacial score (nSPS) is 27.2. The number of hydrogen-bond donors (Lipinski definition) is 1. The van der Waals surface area contributed by atoms with E-state index in [1.165, 1.54) is 11.3 Å². The number of benzene rings is 1. The highest BCUT2D eigenvalue weighted by atomic mass is 35.5. The van der Waals surface area contributed by atoms with Crippen LogP contribution in [0.2, 0.25) is 0 Å². The highest BCUT2D eigenvalue weighted by molar-refractivity contribution is 7.10. The maximum atomic E-state index is 13.0. The van der Waals surface area contributed by atoms with Crippen LogP contribution in [0.5, 0.6) is 0 Å². The van der Waals surface area contributed by atoms with Crippen LogP contribution >= 0.6 is 23.7 Å². The standard InChI is InChI=1S/C19H21NO3S.ClH/c21-18(23-16-13-20-10-8-14(16)9-11-20)19(22,17-7-4-12-24-17)15-5-2-1-3-6-15;/h1-7,12,14,16,22H,8-11,13H2;1H. The van der Waals surface area contributed by atoms with Gasteiger partial charge >= 0.3 is 5.97 Å². The fourth-order valence-corrected chi connectivity index (χ4v) is 4.62. The van der Waals surface area contributed by atoms with Crippen LogP contribution in [0.15, 0.2) is 47.8 Å². The van der Waals surface area contributed by atoms with E-state index in [9.17, 15) is 9.90 Å². The van der Waals surface area contributed by atoms with E-state index in [1.54, 1.807) is 18.2 Å². The largest absolute Gasteiger partial charge is 0.458 e. The predicted octanol–water partition coefficient (Wildman–Crippen LogP) is 3.04. The number of fused-ring (bicyclic) bond motifs is 3. The first-order valence-corrected chi connectivity index (χ1v) is 9.31. The number of hydrogen-bond acceptors (Lipinski definition) is 5. The van der Waals surface area contributed by atoms with E-state index >= 15 is 0 Å². The first-order chi connectivity index (χ1) is 11.7. The van der Waals surface area contributed by atoms with E-state index in [2.05, 4.69) is 4.90 Å². The molecule has 2 aromatic rings. The molecule has 0 amide bonds. The molecule has 6 heteroatoms. The zero-order valence-corrected chi connectivity index (χ0v) is 15.5. The number of halogens is 1. The Balaban J connectivity index is 0.00000182. The molecule has 134 valence electrons. The zero-order chi connectivity index (χ0) is 16.6. The molecule has 3 aliphatic heterocycles. The summed E-state index contributed by atoms with van der Waals surface area (Å²) in [6.07, 6.45) is 2.02. The van der Waals surface area contributed by atoms with Gasteiger partial charge in [-0.25, -0.2) is 4.79 Å². The number of rotatable bonds is 4. The van der Waals surface area contributed by atoms with E-state index < -0.39 is 11.6 Å². The van der Waals surface area contributed by atoms with E-state index in [1.807, 2.05) is 29.6 Å². The number of piperidine rings is 3. The van der Waals surface area contributed by atoms with Gasteiger partial charge in [-0.05, 0) is 43.3 Å². The fourth-order valence-electron chi connectivity index (χ4n) is 3.79. The Morgan fingerprint density at radius 2 is 1.88 bits per heavy atom. The molecule has 3 saturated heterocycles. The molecule has 4 nitrogen and oxygen atoms in total. The van der Waals surface area contributed by atoms with E-state index in [-0.39, 0.29) is 18.5 Å². The summed E-state index contributed by atoms with van der Waals surface area (Å²) in [6, 6.07) is 12.7. The van der Waals surface area contributed by atoms with Gasteiger partial charge in [0.25, 0.3) is 0 Å². The molecule has 1 N–H and O–H groups in total. The summed E-state index contributed by atoms with van der Waals surface area (Å²) < 4.78 is 5.84. The lowest BCUT2D eigenvalue weighted by molar-refractivity contribution is -0.176. The second-order valence-electron chi connectivity index (χ2n) is 6.64. The molecule has 3 fully saturated rings. The van der Waals surface area contributed by atoms with Crippen LogP contribution in [-0.2, 0) is 15.1 Å². The molecule has 1 aromatic heterocycles. The molecule has 1 aromatic carbocycles. The van der Waals surface area contributed by atoms with Gasteiger partial charge in [-0.3, -0.25) is 4.90 Å². The zero-order valence-electron chi connectivity index (χ0n) is 13.8. The van der Waals surface area contributed by atoms with Crippen LogP contribution in [0.1, 0.15) is 23.3 Å². The van der Waals surface area contributed by atoms with Gasteiger partial charge < -0.3 is 9.84 Å². The fraction of sp³-hybridized carbons (Fsp3) is 0.421. The van der Waals surface area contributed by atoms with E-state index in [0.29, 0.717) is 16.4 Å². The van der Waals surface area contributed by atoms with Crippen molar-refractivity contribution in [2.75, 3.05) is 19.6 Å². The molecule has 2 bridgehead atoms. The van der Waals surface area contributed by atoms with Gasteiger partial charge in [0.1, 0.15) is 6.10 Å². The molecule has 25 heavy (non-hydrogen) atoms. The number of thiophene rings is 1. The van der Waals surface area contributed by atoms with Gasteiger partial charge in [0.15, 0.2) is 0 Å². The number of carbonyl (C=O) groups is 1. The minimum Gasteiger partial charge on any atom is -0.458 e. The lowest BCUT2D eigenvalue weighted by Crippen LogP contribution is -2.53. The number of carbonyl (C=O) groups excluding carboxylic acids is 1. The van der Waals surface area contributed by atoms with Crippen molar-refractivity contribution in [3.63, 3.8) is 0 Å². The van der Waals surface area contributed by atoms with Crippen molar-refractivity contribution < 1.29 is 14.6 Å². The second-order valence-corrected chi connectivity index (χ2v) is 7.58. The molecule has 2 atom stereocenters. The molecular formula is C19H22ClNO3S. The quantitative estimate of drug-likeness (QED) is 0.829. The molecule has 0 spiro atoms. The van der Waals surface area contributed by atoms with Crippen LogP contribution in [0.3, 0.4) is 0 Å². The minimum atomic E-state index is -1.73. The van der Waals surface area contributed by atoms with Crippen molar-refractivity contribution in [1.82, 2.24) is 4.90 Å². The Morgan fingerprint density at radius 1 is 1.16 bits per heavy atom. The van der Waals surface area contributed by atoms with Gasteiger partial charge in [0.2, 0.25) is 5.60 Å². The SMILES string of the molecule is Cl.O=C(OC1CN2CCC1CC2)C(O)(c1ccccc1)c1cccs1. The van der Waals surface area contributed by atoms with E-state index in [4.69, 9.17) is 4.74 Å². The summed E-state index contributed by atoms with van der Waals surface area (Å²) in [5.41, 5.74) is -1.18. The molecule has 2 unspecified atom stereocenters. The molecule has 5 rings (SSSR count). The summed E-state index contributed by atoms with van der Waals surface area (Å²) in [5, 5.41) is 13.2. The number of ether oxygens (including phenoxy) is 1. The van der Waals surface area contributed by atoms with Crippen LogP contribution < -0.4 is 0 Å². The van der Waals surface area contributed by atoms with Gasteiger partial charge in [-0.15, -0.1) is 23.7 Å². The molecule has 4 heterocycles. The highest BCUT2D eigenvalue weighted by Gasteiger charge is 2.46. The van der Waals surface area contributed by atoms with Gasteiger partial charge in [0.05, 0.1) is 4.88 Å². The summed E-state index contributed by atoms with van der Waals surface area (Å²) in [4.78, 5) is 16.0. The van der Waals surface area contributed by atoms with Gasteiger partial charge in [0, 0.05) is 12.1 Å². The predicted molar refractivity (Wildman–Crippen MR) is 100 cm³/mol. The van der Waals surface area contributed by atoms with Crippen molar-refractivity contribution >= 4 is 29.7 Å². The topological polar surface area (TPSA) is 49.8 Å². The Morgan fingerprint density at radius 3 is 2.44 bits per heavy atom. The summed E-state index contributed by atoms with van der Waals surface area (Å²) in [7, 11) is 0. The Kier molecular flexibility index (Phi) is 5.49. The lowest BCUT2D eigenvalue weighted by atomic mass is 9.85. The molecule has 0 radical (unpaired) electrons. The summed E-state index contributed by atoms with van der Waals surface area (Å²) in [5.74, 6) is -0.141. The van der Waals surface area contributed by atoms with Crippen LogP contribution in [0.25, 0.3) is 0 Å². The first kappa shape index (κ1) is 18.4. The van der Waals surface area contributed by atoms with Crippen molar-refractivity contribution in [3.8, 4) is 0 Å². The van der Waals surface area contributed by atoms with Crippen molar-refractivity contribution in [2.24, 2.45) is 5.92 Å². The smallest absolute Gasteiger partial charge is 0.348 e. The van der Waals surface area contributed by atoms with E-state index in [0.717, 1.165) is 32.5 Å². The maximum Gasteiger partial charge on any atom is 0.348 e. The first-order valence-electron chi connectivity index (χ1n) is 8.43. The average molecular weight is 380 g/mol. The Bertz CT molecular complexity index is 701. The van der Waals surface area contributed by atoms with Crippen molar-refractivity contribution in [3.05, 3.63) is 58.3 Å². The summed E-state index contributed by atoms with van der Waals surface area (Å²) >= 11 is 1.37. The van der Waals surface area contributed by atoms with Crippen LogP contribution in [-0.4, -0.2) is 41.7 Å². The van der Waals surface area contributed by atoms with Crippen molar-refractivity contribution in [1.29, 1.82) is 0 Å².